The number of nitrogens with one attached hydrogen (secondary N) is 1. The van der Waals surface area contributed by atoms with E-state index in [4.69, 9.17) is 9.78 Å². The maximum absolute atomic E-state index is 8.71. The summed E-state index contributed by atoms with van der Waals surface area (Å²) in [5.41, 5.74) is 2.33. The van der Waals surface area contributed by atoms with Crippen LogP contribution in [-0.2, 0) is 13.1 Å². The van der Waals surface area contributed by atoms with Crippen LogP contribution >= 0.6 is 0 Å². The lowest BCUT2D eigenvalue weighted by Gasteiger charge is -2.02. The highest BCUT2D eigenvalue weighted by molar-refractivity contribution is 5.25. The first-order valence-corrected chi connectivity index (χ1v) is 5.26. The Hall–Kier alpha value is -2.19. The third-order valence-electron chi connectivity index (χ3n) is 2.25. The van der Waals surface area contributed by atoms with Crippen LogP contribution in [0.3, 0.4) is 0 Å². The first kappa shape index (κ1) is 11.3. The Morgan fingerprint density at radius 2 is 2.29 bits per heavy atom. The minimum absolute atomic E-state index is 0.432. The Bertz CT molecular complexity index is 541. The van der Waals surface area contributed by atoms with Crippen molar-refractivity contribution in [2.45, 2.75) is 20.0 Å². The van der Waals surface area contributed by atoms with Crippen molar-refractivity contribution in [1.82, 2.24) is 15.5 Å². The molecule has 0 spiro atoms. The predicted molar refractivity (Wildman–Crippen MR) is 60.7 cm³/mol. The Morgan fingerprint density at radius 1 is 1.41 bits per heavy atom. The van der Waals surface area contributed by atoms with Crippen LogP contribution in [0.1, 0.15) is 22.7 Å². The fraction of sp³-hybridized carbons (Fsp3) is 0.250. The second-order valence-electron chi connectivity index (χ2n) is 3.69. The molecule has 5 nitrogen and oxygen atoms in total. The first-order valence-electron chi connectivity index (χ1n) is 5.26. The number of aromatic nitrogens is 2. The highest BCUT2D eigenvalue weighted by Crippen LogP contribution is 2.03. The van der Waals surface area contributed by atoms with Crippen LogP contribution in [0.5, 0.6) is 0 Å². The summed E-state index contributed by atoms with van der Waals surface area (Å²) in [4.78, 5) is 3.91. The van der Waals surface area contributed by atoms with E-state index in [-0.39, 0.29) is 0 Å². The van der Waals surface area contributed by atoms with Crippen LogP contribution in [-0.4, -0.2) is 10.1 Å². The number of rotatable bonds is 4. The summed E-state index contributed by atoms with van der Waals surface area (Å²) < 4.78 is 4.96. The summed E-state index contributed by atoms with van der Waals surface area (Å²) in [5.74, 6) is 0.803. The van der Waals surface area contributed by atoms with E-state index in [1.54, 1.807) is 12.3 Å². The Morgan fingerprint density at radius 3 is 3.00 bits per heavy atom. The van der Waals surface area contributed by atoms with E-state index in [2.05, 4.69) is 15.5 Å². The average Bonchev–Trinajstić information content (AvgIpc) is 2.75. The molecule has 0 radical (unpaired) electrons. The maximum Gasteiger partial charge on any atom is 0.140 e. The third kappa shape index (κ3) is 3.13. The normalized spacial score (nSPS) is 10.1. The molecule has 86 valence electrons. The molecule has 0 saturated heterocycles. The van der Waals surface area contributed by atoms with E-state index >= 15 is 0 Å². The summed E-state index contributed by atoms with van der Waals surface area (Å²) in [5, 5.41) is 15.8. The minimum Gasteiger partial charge on any atom is -0.361 e. The van der Waals surface area contributed by atoms with Gasteiger partial charge >= 0.3 is 0 Å². The number of nitrogens with zero attached hydrogens (tertiary/aromatic N) is 3. The molecule has 2 aromatic heterocycles. The standard InChI is InChI=1S/C12H12N4O/c1-9-4-12(16-17-9)8-14-7-10-2-3-15-11(5-10)6-13/h2-5,14H,7-8H2,1H3. The van der Waals surface area contributed by atoms with Crippen LogP contribution in [0, 0.1) is 18.3 Å². The molecule has 0 unspecified atom stereocenters. The van der Waals surface area contributed by atoms with E-state index < -0.39 is 0 Å². The fourth-order valence-corrected chi connectivity index (χ4v) is 1.48. The smallest absolute Gasteiger partial charge is 0.140 e. The lowest BCUT2D eigenvalue weighted by molar-refractivity contribution is 0.388. The van der Waals surface area contributed by atoms with Gasteiger partial charge in [0.15, 0.2) is 0 Å². The molecule has 0 aliphatic rings. The fourth-order valence-electron chi connectivity index (χ4n) is 1.48. The van der Waals surface area contributed by atoms with Crippen molar-refractivity contribution in [3.05, 3.63) is 47.1 Å². The molecule has 1 N–H and O–H groups in total. The van der Waals surface area contributed by atoms with Crippen LogP contribution in [0.25, 0.3) is 0 Å². The minimum atomic E-state index is 0.432. The molecule has 17 heavy (non-hydrogen) atoms. The molecule has 0 aromatic carbocycles. The summed E-state index contributed by atoms with van der Waals surface area (Å²) in [6.07, 6.45) is 1.63. The van der Waals surface area contributed by atoms with Gasteiger partial charge in [0.25, 0.3) is 0 Å². The molecule has 2 rings (SSSR count). The summed E-state index contributed by atoms with van der Waals surface area (Å²) in [7, 11) is 0. The maximum atomic E-state index is 8.71. The van der Waals surface area contributed by atoms with E-state index in [1.807, 2.05) is 25.1 Å². The van der Waals surface area contributed by atoms with Gasteiger partial charge in [-0.05, 0) is 24.6 Å². The molecule has 0 bridgehead atoms. The van der Waals surface area contributed by atoms with Crippen molar-refractivity contribution >= 4 is 0 Å². The molecule has 0 fully saturated rings. The molecule has 0 aliphatic carbocycles. The molecule has 0 saturated carbocycles. The zero-order chi connectivity index (χ0) is 12.1. The van der Waals surface area contributed by atoms with E-state index in [0.717, 1.165) is 17.0 Å². The SMILES string of the molecule is Cc1cc(CNCc2ccnc(C#N)c2)no1. The van der Waals surface area contributed by atoms with Gasteiger partial charge in [0, 0.05) is 25.4 Å². The van der Waals surface area contributed by atoms with Crippen molar-refractivity contribution in [2.24, 2.45) is 0 Å². The molecular weight excluding hydrogens is 216 g/mol. The molecule has 0 aliphatic heterocycles. The van der Waals surface area contributed by atoms with Crippen molar-refractivity contribution in [3.63, 3.8) is 0 Å². The van der Waals surface area contributed by atoms with E-state index in [1.165, 1.54) is 0 Å². The van der Waals surface area contributed by atoms with Gasteiger partial charge < -0.3 is 9.84 Å². The van der Waals surface area contributed by atoms with Crippen LogP contribution in [0.2, 0.25) is 0 Å². The van der Waals surface area contributed by atoms with Crippen molar-refractivity contribution in [1.29, 1.82) is 5.26 Å². The lowest BCUT2D eigenvalue weighted by atomic mass is 10.2. The van der Waals surface area contributed by atoms with Crippen molar-refractivity contribution < 1.29 is 4.52 Å². The van der Waals surface area contributed by atoms with Gasteiger partial charge in [0.1, 0.15) is 17.5 Å². The highest BCUT2D eigenvalue weighted by atomic mass is 16.5. The van der Waals surface area contributed by atoms with Crippen molar-refractivity contribution in [3.8, 4) is 6.07 Å². The zero-order valence-electron chi connectivity index (χ0n) is 9.47. The van der Waals surface area contributed by atoms with Gasteiger partial charge in [-0.15, -0.1) is 0 Å². The Kier molecular flexibility index (Phi) is 3.48. The number of pyridine rings is 1. The number of hydrogen-bond acceptors (Lipinski definition) is 5. The molecule has 0 atom stereocenters. The van der Waals surface area contributed by atoms with Crippen LogP contribution in [0.15, 0.2) is 28.9 Å². The largest absolute Gasteiger partial charge is 0.361 e. The van der Waals surface area contributed by atoms with E-state index in [9.17, 15) is 0 Å². The second kappa shape index (κ2) is 5.23. The first-order chi connectivity index (χ1) is 8.28. The van der Waals surface area contributed by atoms with Crippen LogP contribution < -0.4 is 5.32 Å². The topological polar surface area (TPSA) is 74.7 Å². The van der Waals surface area contributed by atoms with Gasteiger partial charge in [-0.25, -0.2) is 4.98 Å². The summed E-state index contributed by atoms with van der Waals surface area (Å²) in [6.45, 7) is 3.17. The highest BCUT2D eigenvalue weighted by Gasteiger charge is 2.00. The average molecular weight is 228 g/mol. The van der Waals surface area contributed by atoms with E-state index in [0.29, 0.717) is 18.8 Å². The van der Waals surface area contributed by atoms with Gasteiger partial charge in [-0.2, -0.15) is 5.26 Å². The molecule has 2 aromatic rings. The Labute approximate surface area is 99.1 Å². The van der Waals surface area contributed by atoms with Gasteiger partial charge in [0.2, 0.25) is 0 Å². The zero-order valence-corrected chi connectivity index (χ0v) is 9.47. The van der Waals surface area contributed by atoms with Crippen LogP contribution in [0.4, 0.5) is 0 Å². The Balaban J connectivity index is 1.88. The third-order valence-corrected chi connectivity index (χ3v) is 2.25. The summed E-state index contributed by atoms with van der Waals surface area (Å²) in [6, 6.07) is 7.54. The number of hydrogen-bond donors (Lipinski definition) is 1. The lowest BCUT2D eigenvalue weighted by Crippen LogP contribution is -2.13. The van der Waals surface area contributed by atoms with Crippen molar-refractivity contribution in [2.75, 3.05) is 0 Å². The summed E-state index contributed by atoms with van der Waals surface area (Å²) >= 11 is 0. The second-order valence-corrected chi connectivity index (χ2v) is 3.69. The van der Waals surface area contributed by atoms with Gasteiger partial charge in [-0.1, -0.05) is 5.16 Å². The molecular formula is C12H12N4O. The van der Waals surface area contributed by atoms with Gasteiger partial charge in [-0.3, -0.25) is 0 Å². The van der Waals surface area contributed by atoms with Gasteiger partial charge in [0.05, 0.1) is 5.69 Å². The molecule has 0 amide bonds. The molecule has 2 heterocycles. The quantitative estimate of drug-likeness (QED) is 0.859. The molecule has 5 heteroatoms. The number of nitriles is 1. The number of aryl methyl sites for hydroxylation is 1. The monoisotopic (exact) mass is 228 g/mol. The predicted octanol–water partition coefficient (Wildman–Crippen LogP) is 1.54.